The normalized spacial score (nSPS) is 20.9. The van der Waals surface area contributed by atoms with E-state index in [4.69, 9.17) is 10.5 Å². The van der Waals surface area contributed by atoms with Gasteiger partial charge in [0.05, 0.1) is 26.3 Å². The number of nitrogens with zero attached hydrogens (tertiary/aromatic N) is 5. The number of piperidine rings is 1. The number of hydrogen-bond acceptors (Lipinski definition) is 6. The molecule has 0 saturated carbocycles. The fraction of sp³-hybridized carbons (Fsp3) is 0.800. The average molecular weight is 322 g/mol. The van der Waals surface area contributed by atoms with Crippen molar-refractivity contribution < 1.29 is 9.53 Å². The highest BCUT2D eigenvalue weighted by molar-refractivity contribution is 5.78. The molecular formula is C15H26N6O2. The molecule has 8 nitrogen and oxygen atoms in total. The minimum absolute atomic E-state index is 0.0365. The van der Waals surface area contributed by atoms with E-state index in [9.17, 15) is 4.79 Å². The number of carbonyl (C=O) groups is 1. The van der Waals surface area contributed by atoms with Crippen LogP contribution in [-0.4, -0.2) is 76.4 Å². The van der Waals surface area contributed by atoms with E-state index in [1.165, 1.54) is 0 Å². The van der Waals surface area contributed by atoms with Gasteiger partial charge in [-0.3, -0.25) is 9.69 Å². The number of rotatable bonds is 4. The second kappa shape index (κ2) is 7.37. The number of amides is 1. The maximum absolute atomic E-state index is 11.7. The molecule has 0 unspecified atom stereocenters. The summed E-state index contributed by atoms with van der Waals surface area (Å²) in [6, 6.07) is 0. The first kappa shape index (κ1) is 16.4. The van der Waals surface area contributed by atoms with E-state index >= 15 is 0 Å². The van der Waals surface area contributed by atoms with Crippen molar-refractivity contribution in [3.8, 4) is 0 Å². The fourth-order valence-electron chi connectivity index (χ4n) is 3.34. The third kappa shape index (κ3) is 3.70. The van der Waals surface area contributed by atoms with Crippen LogP contribution in [0, 0.1) is 0 Å². The van der Waals surface area contributed by atoms with E-state index in [1.54, 1.807) is 0 Å². The summed E-state index contributed by atoms with van der Waals surface area (Å²) in [4.78, 5) is 15.9. The number of aromatic nitrogens is 3. The third-order valence-corrected chi connectivity index (χ3v) is 4.85. The number of likely N-dealkylation sites (tertiary alicyclic amines) is 1. The Morgan fingerprint density at radius 2 is 1.91 bits per heavy atom. The van der Waals surface area contributed by atoms with E-state index in [1.807, 2.05) is 11.9 Å². The standard InChI is InChI=1S/C15H26N6O2/c1-19-13(11-20-6-8-23-9-7-20)17-18-15(19)12-2-4-21(5-3-12)14(22)10-16/h12H,2-11,16H2,1H3. The summed E-state index contributed by atoms with van der Waals surface area (Å²) in [5.41, 5.74) is 5.43. The lowest BCUT2D eigenvalue weighted by atomic mass is 9.96. The van der Waals surface area contributed by atoms with Crippen molar-refractivity contribution in [2.24, 2.45) is 12.8 Å². The monoisotopic (exact) mass is 322 g/mol. The van der Waals surface area contributed by atoms with E-state index in [0.717, 1.165) is 70.4 Å². The number of carbonyl (C=O) groups excluding carboxylic acids is 1. The largest absolute Gasteiger partial charge is 0.379 e. The van der Waals surface area contributed by atoms with Gasteiger partial charge in [-0.2, -0.15) is 0 Å². The summed E-state index contributed by atoms with van der Waals surface area (Å²) in [6.45, 7) is 5.90. The first-order valence-electron chi connectivity index (χ1n) is 8.35. The summed E-state index contributed by atoms with van der Waals surface area (Å²) >= 11 is 0. The number of ether oxygens (including phenoxy) is 1. The van der Waals surface area contributed by atoms with Gasteiger partial charge in [0, 0.05) is 39.1 Å². The van der Waals surface area contributed by atoms with Crippen LogP contribution in [0.1, 0.15) is 30.4 Å². The van der Waals surface area contributed by atoms with Gasteiger partial charge >= 0.3 is 0 Å². The lowest BCUT2D eigenvalue weighted by Gasteiger charge is -2.31. The molecule has 23 heavy (non-hydrogen) atoms. The van der Waals surface area contributed by atoms with Gasteiger partial charge in [0.2, 0.25) is 5.91 Å². The van der Waals surface area contributed by atoms with Crippen LogP contribution in [-0.2, 0) is 23.1 Å². The predicted molar refractivity (Wildman–Crippen MR) is 84.7 cm³/mol. The first-order valence-corrected chi connectivity index (χ1v) is 8.35. The Kier molecular flexibility index (Phi) is 5.24. The summed E-state index contributed by atoms with van der Waals surface area (Å²) < 4.78 is 7.51. The minimum atomic E-state index is 0.0365. The smallest absolute Gasteiger partial charge is 0.236 e. The Bertz CT molecular complexity index is 532. The molecule has 2 aliphatic heterocycles. The van der Waals surface area contributed by atoms with Crippen LogP contribution >= 0.6 is 0 Å². The zero-order chi connectivity index (χ0) is 16.2. The van der Waals surface area contributed by atoms with Crippen molar-refractivity contribution in [1.82, 2.24) is 24.6 Å². The molecule has 0 aromatic carbocycles. The number of nitrogens with two attached hydrogens (primary N) is 1. The maximum atomic E-state index is 11.7. The predicted octanol–water partition coefficient (Wildman–Crippen LogP) is -0.688. The highest BCUT2D eigenvalue weighted by atomic mass is 16.5. The zero-order valence-corrected chi connectivity index (χ0v) is 13.8. The highest BCUT2D eigenvalue weighted by Gasteiger charge is 2.27. The third-order valence-electron chi connectivity index (χ3n) is 4.85. The van der Waals surface area contributed by atoms with Crippen molar-refractivity contribution in [2.75, 3.05) is 45.9 Å². The molecule has 2 N–H and O–H groups in total. The van der Waals surface area contributed by atoms with Crippen molar-refractivity contribution in [3.63, 3.8) is 0 Å². The van der Waals surface area contributed by atoms with Crippen molar-refractivity contribution in [1.29, 1.82) is 0 Å². The van der Waals surface area contributed by atoms with Gasteiger partial charge in [0.1, 0.15) is 11.6 Å². The quantitative estimate of drug-likeness (QED) is 0.789. The molecular weight excluding hydrogens is 296 g/mol. The molecule has 0 bridgehead atoms. The first-order chi connectivity index (χ1) is 11.2. The van der Waals surface area contributed by atoms with Gasteiger partial charge in [0.15, 0.2) is 0 Å². The molecule has 0 spiro atoms. The fourth-order valence-corrected chi connectivity index (χ4v) is 3.34. The lowest BCUT2D eigenvalue weighted by molar-refractivity contribution is -0.130. The summed E-state index contributed by atoms with van der Waals surface area (Å²) in [5.74, 6) is 2.44. The molecule has 0 radical (unpaired) electrons. The second-order valence-electron chi connectivity index (χ2n) is 6.28. The molecule has 2 fully saturated rings. The highest BCUT2D eigenvalue weighted by Crippen LogP contribution is 2.27. The van der Waals surface area contributed by atoms with Crippen molar-refractivity contribution in [3.05, 3.63) is 11.6 Å². The van der Waals surface area contributed by atoms with Gasteiger partial charge in [0.25, 0.3) is 0 Å². The molecule has 8 heteroatoms. The Morgan fingerprint density at radius 1 is 1.22 bits per heavy atom. The zero-order valence-electron chi connectivity index (χ0n) is 13.8. The van der Waals surface area contributed by atoms with E-state index < -0.39 is 0 Å². The van der Waals surface area contributed by atoms with Gasteiger partial charge in [-0.25, -0.2) is 0 Å². The summed E-state index contributed by atoms with van der Waals surface area (Å²) in [5, 5.41) is 8.81. The molecule has 3 rings (SSSR count). The van der Waals surface area contributed by atoms with Gasteiger partial charge in [-0.1, -0.05) is 0 Å². The van der Waals surface area contributed by atoms with E-state index in [0.29, 0.717) is 5.92 Å². The SMILES string of the molecule is Cn1c(CN2CCOCC2)nnc1C1CCN(C(=O)CN)CC1. The van der Waals surface area contributed by atoms with Crippen molar-refractivity contribution >= 4 is 5.91 Å². The molecule has 2 aliphatic rings. The Labute approximate surface area is 136 Å². The van der Waals surface area contributed by atoms with Crippen LogP contribution in [0.5, 0.6) is 0 Å². The molecule has 1 aromatic heterocycles. The van der Waals surface area contributed by atoms with Crippen LogP contribution in [0.4, 0.5) is 0 Å². The minimum Gasteiger partial charge on any atom is -0.379 e. The van der Waals surface area contributed by atoms with Crippen LogP contribution in [0.15, 0.2) is 0 Å². The summed E-state index contributed by atoms with van der Waals surface area (Å²) in [7, 11) is 2.04. The molecule has 0 atom stereocenters. The van der Waals surface area contributed by atoms with Gasteiger partial charge in [-0.05, 0) is 12.8 Å². The van der Waals surface area contributed by atoms with Crippen LogP contribution < -0.4 is 5.73 Å². The van der Waals surface area contributed by atoms with E-state index in [2.05, 4.69) is 19.7 Å². The van der Waals surface area contributed by atoms with Crippen LogP contribution in [0.2, 0.25) is 0 Å². The van der Waals surface area contributed by atoms with Gasteiger partial charge < -0.3 is 19.9 Å². The average Bonchev–Trinajstić information content (AvgIpc) is 2.96. The molecule has 3 heterocycles. The molecule has 0 aliphatic carbocycles. The van der Waals surface area contributed by atoms with Crippen molar-refractivity contribution in [2.45, 2.75) is 25.3 Å². The van der Waals surface area contributed by atoms with Crippen LogP contribution in [0.25, 0.3) is 0 Å². The molecule has 2 saturated heterocycles. The van der Waals surface area contributed by atoms with Crippen LogP contribution in [0.3, 0.4) is 0 Å². The van der Waals surface area contributed by atoms with Gasteiger partial charge in [-0.15, -0.1) is 10.2 Å². The topological polar surface area (TPSA) is 89.5 Å². The Hall–Kier alpha value is -1.51. The number of morpholine rings is 1. The second-order valence-corrected chi connectivity index (χ2v) is 6.28. The Balaban J connectivity index is 1.60. The maximum Gasteiger partial charge on any atom is 0.236 e. The molecule has 128 valence electrons. The lowest BCUT2D eigenvalue weighted by Crippen LogP contribution is -2.41. The Morgan fingerprint density at radius 3 is 2.57 bits per heavy atom. The summed E-state index contributed by atoms with van der Waals surface area (Å²) in [6.07, 6.45) is 1.85. The van der Waals surface area contributed by atoms with E-state index in [-0.39, 0.29) is 12.5 Å². The number of hydrogen-bond donors (Lipinski definition) is 1. The molecule has 1 aromatic rings. The molecule has 1 amide bonds.